The molecule has 146 valence electrons. The maximum Gasteiger partial charge on any atom is 0.132 e. The fourth-order valence-electron chi connectivity index (χ4n) is 2.94. The first kappa shape index (κ1) is 20.2. The standard InChI is InChI=1S/C23H26FN3S/c1-6-27(5)14-25-21-11-16(3)18(10-17(21)4)12-23-26-22(13-28-23)19-8-7-15(2)9-20(19)24/h7-11,13-14H,6,12H2,1-5H3/b25-14+. The van der Waals surface area contributed by atoms with Gasteiger partial charge in [0.25, 0.3) is 0 Å². The van der Waals surface area contributed by atoms with E-state index in [2.05, 4.69) is 42.9 Å². The van der Waals surface area contributed by atoms with Gasteiger partial charge in [-0.2, -0.15) is 0 Å². The van der Waals surface area contributed by atoms with Crippen LogP contribution < -0.4 is 0 Å². The number of hydrogen-bond donors (Lipinski definition) is 0. The zero-order valence-electron chi connectivity index (χ0n) is 17.1. The van der Waals surface area contributed by atoms with Crippen molar-refractivity contribution in [1.29, 1.82) is 0 Å². The van der Waals surface area contributed by atoms with Crippen LogP contribution in [0.1, 0.15) is 34.2 Å². The molecule has 0 saturated heterocycles. The van der Waals surface area contributed by atoms with Gasteiger partial charge in [0.05, 0.1) is 22.7 Å². The average molecular weight is 396 g/mol. The van der Waals surface area contributed by atoms with Crippen LogP contribution in [0.3, 0.4) is 0 Å². The van der Waals surface area contributed by atoms with E-state index in [-0.39, 0.29) is 5.82 Å². The summed E-state index contributed by atoms with van der Waals surface area (Å²) in [5.41, 5.74) is 6.73. The van der Waals surface area contributed by atoms with Gasteiger partial charge < -0.3 is 4.90 Å². The molecule has 2 aromatic carbocycles. The lowest BCUT2D eigenvalue weighted by Crippen LogP contribution is -2.14. The third kappa shape index (κ3) is 4.65. The second-order valence-corrected chi connectivity index (χ2v) is 8.11. The minimum Gasteiger partial charge on any atom is -0.366 e. The van der Waals surface area contributed by atoms with Gasteiger partial charge in [-0.1, -0.05) is 12.1 Å². The van der Waals surface area contributed by atoms with E-state index in [1.165, 1.54) is 11.1 Å². The quantitative estimate of drug-likeness (QED) is 0.374. The number of rotatable bonds is 6. The molecule has 1 heterocycles. The van der Waals surface area contributed by atoms with Gasteiger partial charge in [-0.25, -0.2) is 14.4 Å². The zero-order valence-corrected chi connectivity index (χ0v) is 17.9. The Morgan fingerprint density at radius 2 is 1.93 bits per heavy atom. The Hall–Kier alpha value is -2.53. The van der Waals surface area contributed by atoms with Crippen LogP contribution in [0.25, 0.3) is 11.3 Å². The Bertz CT molecular complexity index is 1010. The van der Waals surface area contributed by atoms with Crippen LogP contribution in [-0.4, -0.2) is 29.8 Å². The number of benzene rings is 2. The molecule has 0 amide bonds. The molecule has 3 nitrogen and oxygen atoms in total. The van der Waals surface area contributed by atoms with Crippen LogP contribution in [-0.2, 0) is 6.42 Å². The Kier molecular flexibility index (Phi) is 6.25. The molecule has 0 radical (unpaired) electrons. The fourth-order valence-corrected chi connectivity index (χ4v) is 3.76. The fraction of sp³-hybridized carbons (Fsp3) is 0.304. The van der Waals surface area contributed by atoms with Gasteiger partial charge in [-0.15, -0.1) is 11.3 Å². The summed E-state index contributed by atoms with van der Waals surface area (Å²) in [6.07, 6.45) is 2.61. The molecule has 0 N–H and O–H groups in total. The summed E-state index contributed by atoms with van der Waals surface area (Å²) in [6, 6.07) is 9.58. The van der Waals surface area contributed by atoms with E-state index < -0.39 is 0 Å². The van der Waals surface area contributed by atoms with Crippen LogP contribution in [0, 0.1) is 26.6 Å². The lowest BCUT2D eigenvalue weighted by atomic mass is 10.0. The van der Waals surface area contributed by atoms with Crippen molar-refractivity contribution in [3.63, 3.8) is 0 Å². The van der Waals surface area contributed by atoms with Crippen LogP contribution in [0.5, 0.6) is 0 Å². The third-order valence-electron chi connectivity index (χ3n) is 4.84. The summed E-state index contributed by atoms with van der Waals surface area (Å²) in [6.45, 7) is 9.09. The SMILES string of the molecule is CCN(C)/C=N/c1cc(C)c(Cc2nc(-c3ccc(C)cc3F)cs2)cc1C. The lowest BCUT2D eigenvalue weighted by molar-refractivity contribution is 0.552. The predicted molar refractivity (Wildman–Crippen MR) is 117 cm³/mol. The van der Waals surface area contributed by atoms with E-state index in [0.29, 0.717) is 11.3 Å². The molecule has 28 heavy (non-hydrogen) atoms. The van der Waals surface area contributed by atoms with Crippen LogP contribution in [0.2, 0.25) is 0 Å². The molecular weight excluding hydrogens is 369 g/mol. The molecule has 1 aromatic heterocycles. The van der Waals surface area contributed by atoms with Crippen molar-refractivity contribution in [1.82, 2.24) is 9.88 Å². The summed E-state index contributed by atoms with van der Waals surface area (Å²) in [5, 5.41) is 2.92. The molecule has 0 bridgehead atoms. The van der Waals surface area contributed by atoms with Gasteiger partial charge in [-0.3, -0.25) is 0 Å². The second kappa shape index (κ2) is 8.65. The lowest BCUT2D eigenvalue weighted by Gasteiger charge is -2.11. The number of aliphatic imine (C=N–C) groups is 1. The highest BCUT2D eigenvalue weighted by atomic mass is 32.1. The van der Waals surface area contributed by atoms with E-state index in [0.717, 1.165) is 34.8 Å². The number of thiazole rings is 1. The largest absolute Gasteiger partial charge is 0.366 e. The molecule has 0 spiro atoms. The number of aromatic nitrogens is 1. The first-order chi connectivity index (χ1) is 13.4. The number of aryl methyl sites for hydroxylation is 3. The molecule has 0 aliphatic heterocycles. The molecule has 0 aliphatic rings. The Balaban J connectivity index is 1.82. The van der Waals surface area contributed by atoms with Gasteiger partial charge in [0, 0.05) is 31.0 Å². The topological polar surface area (TPSA) is 28.5 Å². The molecular formula is C23H26FN3S. The van der Waals surface area contributed by atoms with Gasteiger partial charge in [-0.05, 0) is 68.1 Å². The molecule has 0 aliphatic carbocycles. The summed E-state index contributed by atoms with van der Waals surface area (Å²) >= 11 is 1.57. The van der Waals surface area contributed by atoms with Crippen molar-refractivity contribution in [2.75, 3.05) is 13.6 Å². The highest BCUT2D eigenvalue weighted by Crippen LogP contribution is 2.29. The number of hydrogen-bond acceptors (Lipinski definition) is 3. The van der Waals surface area contributed by atoms with E-state index in [1.807, 2.05) is 36.7 Å². The number of halogens is 1. The maximum atomic E-state index is 14.2. The maximum absolute atomic E-state index is 14.2. The van der Waals surface area contributed by atoms with Crippen molar-refractivity contribution >= 4 is 23.4 Å². The Labute approximate surface area is 170 Å². The molecule has 5 heteroatoms. The van der Waals surface area contributed by atoms with Crippen LogP contribution in [0.4, 0.5) is 10.1 Å². The minimum absolute atomic E-state index is 0.219. The van der Waals surface area contributed by atoms with Crippen molar-refractivity contribution in [3.8, 4) is 11.3 Å². The molecule has 0 atom stereocenters. The van der Waals surface area contributed by atoms with Crippen LogP contribution in [0.15, 0.2) is 40.7 Å². The van der Waals surface area contributed by atoms with Crippen molar-refractivity contribution in [3.05, 3.63) is 68.8 Å². The van der Waals surface area contributed by atoms with Gasteiger partial charge in [0.15, 0.2) is 0 Å². The first-order valence-corrected chi connectivity index (χ1v) is 10.3. The highest BCUT2D eigenvalue weighted by Gasteiger charge is 2.12. The Morgan fingerprint density at radius 1 is 1.14 bits per heavy atom. The summed E-state index contributed by atoms with van der Waals surface area (Å²) < 4.78 is 14.2. The second-order valence-electron chi connectivity index (χ2n) is 7.17. The molecule has 3 rings (SSSR count). The van der Waals surface area contributed by atoms with E-state index in [9.17, 15) is 4.39 Å². The van der Waals surface area contributed by atoms with Crippen molar-refractivity contribution < 1.29 is 4.39 Å². The number of nitrogens with zero attached hydrogens (tertiary/aromatic N) is 3. The van der Waals surface area contributed by atoms with Gasteiger partial charge in [0.1, 0.15) is 5.82 Å². The molecule has 0 saturated carbocycles. The average Bonchev–Trinajstić information content (AvgIpc) is 3.11. The summed E-state index contributed by atoms with van der Waals surface area (Å²) in [5.74, 6) is -0.219. The van der Waals surface area contributed by atoms with E-state index in [1.54, 1.807) is 23.5 Å². The zero-order chi connectivity index (χ0) is 20.3. The minimum atomic E-state index is -0.219. The first-order valence-electron chi connectivity index (χ1n) is 9.43. The monoisotopic (exact) mass is 395 g/mol. The molecule has 0 fully saturated rings. The summed E-state index contributed by atoms with van der Waals surface area (Å²) in [7, 11) is 2.01. The molecule has 0 unspecified atom stereocenters. The van der Waals surface area contributed by atoms with Crippen molar-refractivity contribution in [2.45, 2.75) is 34.1 Å². The highest BCUT2D eigenvalue weighted by molar-refractivity contribution is 7.10. The van der Waals surface area contributed by atoms with E-state index in [4.69, 9.17) is 0 Å². The van der Waals surface area contributed by atoms with E-state index >= 15 is 0 Å². The summed E-state index contributed by atoms with van der Waals surface area (Å²) in [4.78, 5) is 11.3. The van der Waals surface area contributed by atoms with Crippen LogP contribution >= 0.6 is 11.3 Å². The Morgan fingerprint density at radius 3 is 2.64 bits per heavy atom. The smallest absolute Gasteiger partial charge is 0.132 e. The normalized spacial score (nSPS) is 11.4. The van der Waals surface area contributed by atoms with Gasteiger partial charge in [0.2, 0.25) is 0 Å². The van der Waals surface area contributed by atoms with Crippen molar-refractivity contribution in [2.24, 2.45) is 4.99 Å². The molecule has 3 aromatic rings. The van der Waals surface area contributed by atoms with Gasteiger partial charge >= 0.3 is 0 Å². The predicted octanol–water partition coefficient (Wildman–Crippen LogP) is 6.08. The third-order valence-corrected chi connectivity index (χ3v) is 5.69.